The molecule has 1 unspecified atom stereocenters. The highest BCUT2D eigenvalue weighted by molar-refractivity contribution is 6.38. The molecule has 0 aliphatic rings. The van der Waals surface area contributed by atoms with Crippen molar-refractivity contribution in [2.75, 3.05) is 0 Å². The predicted molar refractivity (Wildman–Crippen MR) is 132 cm³/mol. The van der Waals surface area contributed by atoms with Crippen LogP contribution in [-0.4, -0.2) is 22.0 Å². The molecule has 0 fully saturated rings. The van der Waals surface area contributed by atoms with E-state index in [9.17, 15) is 9.90 Å². The number of aromatic amines is 1. The lowest BCUT2D eigenvalue weighted by Crippen LogP contribution is -2.32. The Labute approximate surface area is 201 Å². The van der Waals surface area contributed by atoms with Crippen LogP contribution in [0.2, 0.25) is 10.0 Å². The van der Waals surface area contributed by atoms with Gasteiger partial charge in [-0.15, -0.1) is 5.11 Å². The first kappa shape index (κ1) is 22.8. The van der Waals surface area contributed by atoms with E-state index >= 15 is 0 Å². The Morgan fingerprint density at radius 1 is 1.06 bits per heavy atom. The monoisotopic (exact) mass is 480 g/mol. The molecular weight excluding hydrogens is 459 g/mol. The minimum atomic E-state index is -0.154. The minimum Gasteiger partial charge on any atom is -0.493 e. The zero-order valence-electron chi connectivity index (χ0n) is 17.8. The molecule has 6 nitrogen and oxygen atoms in total. The van der Waals surface area contributed by atoms with Gasteiger partial charge in [-0.2, -0.15) is 5.11 Å². The van der Waals surface area contributed by atoms with Crippen LogP contribution in [0.5, 0.6) is 5.88 Å². The highest BCUT2D eigenvalue weighted by Gasteiger charge is 2.14. The summed E-state index contributed by atoms with van der Waals surface area (Å²) in [6.45, 7) is 2.00. The lowest BCUT2D eigenvalue weighted by Gasteiger charge is -2.14. The van der Waals surface area contributed by atoms with E-state index in [1.807, 2.05) is 25.1 Å². The number of nitrogens with one attached hydrogen (secondary N) is 2. The number of aromatic nitrogens is 1. The third kappa shape index (κ3) is 5.53. The molecule has 1 aromatic heterocycles. The second-order valence-corrected chi connectivity index (χ2v) is 8.62. The van der Waals surface area contributed by atoms with E-state index in [0.29, 0.717) is 32.2 Å². The van der Waals surface area contributed by atoms with Crippen LogP contribution >= 0.6 is 23.2 Å². The largest absolute Gasteiger partial charge is 0.493 e. The van der Waals surface area contributed by atoms with E-state index in [0.717, 1.165) is 12.8 Å². The SMILES string of the molecule is CC(CCc1ccccc1)NC(=O)c1ccc(N=Nc2c(O)[nH]c3c(Cl)cc(Cl)cc23)cc1. The van der Waals surface area contributed by atoms with E-state index in [2.05, 4.69) is 32.7 Å². The minimum absolute atomic E-state index is 0.0422. The van der Waals surface area contributed by atoms with Crippen molar-refractivity contribution in [2.45, 2.75) is 25.8 Å². The fourth-order valence-electron chi connectivity index (χ4n) is 3.49. The number of aryl methyl sites for hydroxylation is 1. The molecule has 3 aromatic carbocycles. The Morgan fingerprint density at radius 2 is 1.79 bits per heavy atom. The second kappa shape index (κ2) is 10.1. The molecule has 0 aliphatic heterocycles. The van der Waals surface area contributed by atoms with Crippen LogP contribution in [0.4, 0.5) is 11.4 Å². The van der Waals surface area contributed by atoms with Crippen LogP contribution in [0.3, 0.4) is 0 Å². The topological polar surface area (TPSA) is 89.8 Å². The Kier molecular flexibility index (Phi) is 6.96. The van der Waals surface area contributed by atoms with E-state index < -0.39 is 0 Å². The summed E-state index contributed by atoms with van der Waals surface area (Å²) in [5.41, 5.74) is 3.09. The van der Waals surface area contributed by atoms with Crippen LogP contribution in [0, 0.1) is 0 Å². The van der Waals surface area contributed by atoms with Crippen LogP contribution in [0.25, 0.3) is 10.9 Å². The third-order valence-corrected chi connectivity index (χ3v) is 5.78. The average molecular weight is 481 g/mol. The van der Waals surface area contributed by atoms with Crippen LogP contribution in [0.15, 0.2) is 77.0 Å². The molecule has 8 heteroatoms. The number of azo groups is 1. The standard InChI is InChI=1S/C25H22Cl2N4O2/c1-15(7-8-16-5-3-2-4-6-16)28-24(32)17-9-11-19(12-10-17)30-31-23-20-13-18(26)14-21(27)22(20)29-25(23)33/h2-6,9-15,29,33H,7-8H2,1H3,(H,28,32). The molecule has 1 amide bonds. The molecule has 168 valence electrons. The van der Waals surface area contributed by atoms with Crippen molar-refractivity contribution in [3.05, 3.63) is 87.9 Å². The van der Waals surface area contributed by atoms with Crippen molar-refractivity contribution in [1.82, 2.24) is 10.3 Å². The molecule has 1 heterocycles. The van der Waals surface area contributed by atoms with Crippen molar-refractivity contribution in [1.29, 1.82) is 0 Å². The number of benzene rings is 3. The lowest BCUT2D eigenvalue weighted by atomic mass is 10.1. The van der Waals surface area contributed by atoms with E-state index in [1.165, 1.54) is 5.56 Å². The molecule has 4 rings (SSSR count). The van der Waals surface area contributed by atoms with Crippen LogP contribution < -0.4 is 5.32 Å². The number of carbonyl (C=O) groups is 1. The van der Waals surface area contributed by atoms with Crippen molar-refractivity contribution < 1.29 is 9.90 Å². The first-order chi connectivity index (χ1) is 15.9. The maximum atomic E-state index is 12.5. The summed E-state index contributed by atoms with van der Waals surface area (Å²) < 4.78 is 0. The van der Waals surface area contributed by atoms with Crippen molar-refractivity contribution in [3.8, 4) is 5.88 Å². The first-order valence-corrected chi connectivity index (χ1v) is 11.2. The maximum Gasteiger partial charge on any atom is 0.251 e. The Hall–Kier alpha value is -3.35. The molecule has 0 aliphatic carbocycles. The molecule has 1 atom stereocenters. The summed E-state index contributed by atoms with van der Waals surface area (Å²) in [7, 11) is 0. The third-order valence-electron chi connectivity index (χ3n) is 5.26. The average Bonchev–Trinajstić information content (AvgIpc) is 3.12. The van der Waals surface area contributed by atoms with Gasteiger partial charge in [0.05, 0.1) is 16.2 Å². The predicted octanol–water partition coefficient (Wildman–Crippen LogP) is 7.35. The van der Waals surface area contributed by atoms with Gasteiger partial charge in [-0.25, -0.2) is 0 Å². The van der Waals surface area contributed by atoms with Gasteiger partial charge in [-0.1, -0.05) is 53.5 Å². The molecule has 0 radical (unpaired) electrons. The van der Waals surface area contributed by atoms with Crippen molar-refractivity contribution in [2.24, 2.45) is 10.2 Å². The van der Waals surface area contributed by atoms with Gasteiger partial charge in [0.1, 0.15) is 0 Å². The zero-order valence-corrected chi connectivity index (χ0v) is 19.4. The highest BCUT2D eigenvalue weighted by Crippen LogP contribution is 2.40. The summed E-state index contributed by atoms with van der Waals surface area (Å²) in [5.74, 6) is -0.295. The van der Waals surface area contributed by atoms with Gasteiger partial charge in [-0.05, 0) is 61.7 Å². The summed E-state index contributed by atoms with van der Waals surface area (Å²) >= 11 is 12.2. The summed E-state index contributed by atoms with van der Waals surface area (Å²) in [5, 5.41) is 22.9. The summed E-state index contributed by atoms with van der Waals surface area (Å²) in [4.78, 5) is 15.3. The molecule has 3 N–H and O–H groups in total. The Bertz CT molecular complexity index is 1300. The van der Waals surface area contributed by atoms with Crippen LogP contribution in [-0.2, 0) is 6.42 Å². The fourth-order valence-corrected chi connectivity index (χ4v) is 4.03. The van der Waals surface area contributed by atoms with Crippen molar-refractivity contribution >= 4 is 51.4 Å². The first-order valence-electron chi connectivity index (χ1n) is 10.5. The van der Waals surface area contributed by atoms with Gasteiger partial charge in [-0.3, -0.25) is 4.79 Å². The van der Waals surface area contributed by atoms with E-state index in [1.54, 1.807) is 36.4 Å². The molecule has 0 spiro atoms. The molecule has 0 bridgehead atoms. The Morgan fingerprint density at radius 3 is 2.52 bits per heavy atom. The molecule has 4 aromatic rings. The van der Waals surface area contributed by atoms with Gasteiger partial charge in [0, 0.05) is 22.0 Å². The molecule has 0 saturated heterocycles. The summed E-state index contributed by atoms with van der Waals surface area (Å²) in [6, 6.07) is 20.2. The summed E-state index contributed by atoms with van der Waals surface area (Å²) in [6.07, 6.45) is 1.75. The number of carbonyl (C=O) groups excluding carboxylic acids is 1. The van der Waals surface area contributed by atoms with Crippen molar-refractivity contribution in [3.63, 3.8) is 0 Å². The number of hydrogen-bond acceptors (Lipinski definition) is 4. The van der Waals surface area contributed by atoms with Gasteiger partial charge in [0.15, 0.2) is 5.69 Å². The van der Waals surface area contributed by atoms with E-state index in [4.69, 9.17) is 23.2 Å². The fraction of sp³-hybridized carbons (Fsp3) is 0.160. The number of aromatic hydroxyl groups is 1. The van der Waals surface area contributed by atoms with Gasteiger partial charge < -0.3 is 15.4 Å². The highest BCUT2D eigenvalue weighted by atomic mass is 35.5. The van der Waals surface area contributed by atoms with E-state index in [-0.39, 0.29) is 23.5 Å². The number of halogens is 2. The van der Waals surface area contributed by atoms with Crippen LogP contribution in [0.1, 0.15) is 29.3 Å². The molecular formula is C25H22Cl2N4O2. The number of nitrogens with zero attached hydrogens (tertiary/aromatic N) is 2. The number of amides is 1. The lowest BCUT2D eigenvalue weighted by molar-refractivity contribution is 0.0938. The normalized spacial score (nSPS) is 12.3. The number of hydrogen-bond donors (Lipinski definition) is 3. The number of H-pyrrole nitrogens is 1. The number of fused-ring (bicyclic) bond motifs is 1. The second-order valence-electron chi connectivity index (χ2n) is 7.78. The molecule has 33 heavy (non-hydrogen) atoms. The zero-order chi connectivity index (χ0) is 23.4. The number of rotatable bonds is 7. The maximum absolute atomic E-state index is 12.5. The smallest absolute Gasteiger partial charge is 0.251 e. The quantitative estimate of drug-likeness (QED) is 0.241. The Balaban J connectivity index is 1.40. The molecule has 0 saturated carbocycles. The van der Waals surface area contributed by atoms with Gasteiger partial charge in [0.25, 0.3) is 5.91 Å². The van der Waals surface area contributed by atoms with Gasteiger partial charge >= 0.3 is 0 Å². The van der Waals surface area contributed by atoms with Gasteiger partial charge in [0.2, 0.25) is 5.88 Å².